The number of nitrogens with zero attached hydrogens (tertiary/aromatic N) is 2. The molecule has 0 aromatic heterocycles. The summed E-state index contributed by atoms with van der Waals surface area (Å²) in [6, 6.07) is 0. The van der Waals surface area contributed by atoms with E-state index in [-0.39, 0.29) is 0 Å². The standard InChI is InChI=1S/C11H24N2/c1-11(2)7-10-13(5)9-6-8-12(3)4/h1,6-10H2,2-5H3. The Labute approximate surface area is 83.2 Å². The summed E-state index contributed by atoms with van der Waals surface area (Å²) in [5.41, 5.74) is 1.28. The summed E-state index contributed by atoms with van der Waals surface area (Å²) in [6.45, 7) is 9.50. The molecule has 0 saturated carbocycles. The van der Waals surface area contributed by atoms with Crippen molar-refractivity contribution in [2.24, 2.45) is 0 Å². The molecule has 0 spiro atoms. The molecule has 78 valence electrons. The summed E-state index contributed by atoms with van der Waals surface area (Å²) in [4.78, 5) is 4.60. The SMILES string of the molecule is C=C(C)CCN(C)CCCN(C)C. The van der Waals surface area contributed by atoms with Crippen LogP contribution >= 0.6 is 0 Å². The van der Waals surface area contributed by atoms with Gasteiger partial charge >= 0.3 is 0 Å². The predicted molar refractivity (Wildman–Crippen MR) is 60.1 cm³/mol. The summed E-state index contributed by atoms with van der Waals surface area (Å²) in [5, 5.41) is 0. The van der Waals surface area contributed by atoms with Gasteiger partial charge in [0.25, 0.3) is 0 Å². The van der Waals surface area contributed by atoms with Gasteiger partial charge in [-0.1, -0.05) is 5.57 Å². The quantitative estimate of drug-likeness (QED) is 0.557. The molecule has 2 heteroatoms. The van der Waals surface area contributed by atoms with E-state index in [2.05, 4.69) is 44.4 Å². The largest absolute Gasteiger partial charge is 0.309 e. The Kier molecular flexibility index (Phi) is 6.92. The van der Waals surface area contributed by atoms with Crippen LogP contribution in [0.3, 0.4) is 0 Å². The molecule has 0 N–H and O–H groups in total. The highest BCUT2D eigenvalue weighted by molar-refractivity contribution is 4.88. The first-order valence-corrected chi connectivity index (χ1v) is 5.00. The van der Waals surface area contributed by atoms with Gasteiger partial charge in [0, 0.05) is 6.54 Å². The second-order valence-electron chi connectivity index (χ2n) is 4.17. The van der Waals surface area contributed by atoms with E-state index < -0.39 is 0 Å². The van der Waals surface area contributed by atoms with E-state index in [4.69, 9.17) is 0 Å². The van der Waals surface area contributed by atoms with Crippen LogP contribution in [0.5, 0.6) is 0 Å². The van der Waals surface area contributed by atoms with E-state index in [1.165, 1.54) is 25.1 Å². The van der Waals surface area contributed by atoms with Crippen LogP contribution in [0, 0.1) is 0 Å². The monoisotopic (exact) mass is 184 g/mol. The van der Waals surface area contributed by atoms with Crippen molar-refractivity contribution in [1.82, 2.24) is 9.80 Å². The van der Waals surface area contributed by atoms with Crippen LogP contribution in [-0.4, -0.2) is 50.6 Å². The molecule has 0 aromatic carbocycles. The lowest BCUT2D eigenvalue weighted by atomic mass is 10.2. The molecule has 0 saturated heterocycles. The Balaban J connectivity index is 3.30. The Hall–Kier alpha value is -0.340. The van der Waals surface area contributed by atoms with Crippen LogP contribution in [0.25, 0.3) is 0 Å². The molecule has 13 heavy (non-hydrogen) atoms. The van der Waals surface area contributed by atoms with E-state index in [0.29, 0.717) is 0 Å². The number of hydrogen-bond donors (Lipinski definition) is 0. The summed E-state index contributed by atoms with van der Waals surface area (Å²) in [5.74, 6) is 0. The maximum Gasteiger partial charge on any atom is 0.00153 e. The predicted octanol–water partition coefficient (Wildman–Crippen LogP) is 1.84. The molecule has 0 aliphatic heterocycles. The second-order valence-corrected chi connectivity index (χ2v) is 4.17. The average molecular weight is 184 g/mol. The molecule has 2 nitrogen and oxygen atoms in total. The normalized spacial score (nSPS) is 11.2. The zero-order chi connectivity index (χ0) is 10.3. The van der Waals surface area contributed by atoms with Gasteiger partial charge in [-0.15, -0.1) is 6.58 Å². The van der Waals surface area contributed by atoms with Gasteiger partial charge in [0.1, 0.15) is 0 Å². The Bertz CT molecular complexity index is 141. The zero-order valence-electron chi connectivity index (χ0n) is 9.64. The molecule has 0 fully saturated rings. The fourth-order valence-electron chi connectivity index (χ4n) is 1.15. The zero-order valence-corrected chi connectivity index (χ0v) is 9.64. The minimum atomic E-state index is 1.12. The summed E-state index contributed by atoms with van der Waals surface area (Å²) >= 11 is 0. The van der Waals surface area contributed by atoms with Crippen molar-refractivity contribution >= 4 is 0 Å². The molecular formula is C11H24N2. The highest BCUT2D eigenvalue weighted by Crippen LogP contribution is 1.98. The van der Waals surface area contributed by atoms with E-state index in [9.17, 15) is 0 Å². The molecule has 0 bridgehead atoms. The van der Waals surface area contributed by atoms with Gasteiger partial charge in [0.05, 0.1) is 0 Å². The minimum absolute atomic E-state index is 1.12. The molecule has 0 unspecified atom stereocenters. The van der Waals surface area contributed by atoms with Gasteiger partial charge in [0.15, 0.2) is 0 Å². The van der Waals surface area contributed by atoms with E-state index in [0.717, 1.165) is 13.0 Å². The molecule has 0 aliphatic rings. The first-order valence-electron chi connectivity index (χ1n) is 5.00. The molecule has 0 aromatic rings. The third-order valence-electron chi connectivity index (χ3n) is 2.07. The molecule has 0 radical (unpaired) electrons. The van der Waals surface area contributed by atoms with E-state index >= 15 is 0 Å². The lowest BCUT2D eigenvalue weighted by Gasteiger charge is -2.17. The Morgan fingerprint density at radius 1 is 1.08 bits per heavy atom. The molecule has 0 amide bonds. The lowest BCUT2D eigenvalue weighted by molar-refractivity contribution is 0.303. The molecule has 0 atom stereocenters. The van der Waals surface area contributed by atoms with Crippen molar-refractivity contribution in [2.75, 3.05) is 40.8 Å². The maximum atomic E-state index is 3.90. The minimum Gasteiger partial charge on any atom is -0.309 e. The first-order chi connectivity index (χ1) is 6.02. The number of rotatable bonds is 7. The van der Waals surface area contributed by atoms with Gasteiger partial charge in [-0.25, -0.2) is 0 Å². The highest BCUT2D eigenvalue weighted by atomic mass is 15.1. The summed E-state index contributed by atoms with van der Waals surface area (Å²) < 4.78 is 0. The Morgan fingerprint density at radius 3 is 2.15 bits per heavy atom. The van der Waals surface area contributed by atoms with Gasteiger partial charge in [0.2, 0.25) is 0 Å². The van der Waals surface area contributed by atoms with Crippen molar-refractivity contribution in [1.29, 1.82) is 0 Å². The average Bonchev–Trinajstić information content (AvgIpc) is 2.00. The van der Waals surface area contributed by atoms with Crippen LogP contribution in [0.15, 0.2) is 12.2 Å². The molecular weight excluding hydrogens is 160 g/mol. The van der Waals surface area contributed by atoms with E-state index in [1.807, 2.05) is 0 Å². The second kappa shape index (κ2) is 7.10. The highest BCUT2D eigenvalue weighted by Gasteiger charge is 1.98. The number of hydrogen-bond acceptors (Lipinski definition) is 2. The van der Waals surface area contributed by atoms with Crippen molar-refractivity contribution in [3.8, 4) is 0 Å². The lowest BCUT2D eigenvalue weighted by Crippen LogP contribution is -2.24. The summed E-state index contributed by atoms with van der Waals surface area (Å²) in [6.07, 6.45) is 2.37. The van der Waals surface area contributed by atoms with Crippen molar-refractivity contribution in [3.05, 3.63) is 12.2 Å². The van der Waals surface area contributed by atoms with Crippen LogP contribution in [0.1, 0.15) is 19.8 Å². The van der Waals surface area contributed by atoms with Gasteiger partial charge in [-0.05, 0) is 54.0 Å². The van der Waals surface area contributed by atoms with Gasteiger partial charge < -0.3 is 9.80 Å². The third-order valence-corrected chi connectivity index (χ3v) is 2.07. The van der Waals surface area contributed by atoms with Crippen LogP contribution in [0.4, 0.5) is 0 Å². The topological polar surface area (TPSA) is 6.48 Å². The van der Waals surface area contributed by atoms with Crippen molar-refractivity contribution in [2.45, 2.75) is 19.8 Å². The maximum absolute atomic E-state index is 3.90. The third kappa shape index (κ3) is 9.57. The fourth-order valence-corrected chi connectivity index (χ4v) is 1.15. The molecule has 0 rings (SSSR count). The molecule has 0 heterocycles. The summed E-state index contributed by atoms with van der Waals surface area (Å²) in [7, 11) is 6.42. The smallest absolute Gasteiger partial charge is 0.00153 e. The Morgan fingerprint density at radius 2 is 1.69 bits per heavy atom. The van der Waals surface area contributed by atoms with Crippen LogP contribution in [0.2, 0.25) is 0 Å². The van der Waals surface area contributed by atoms with Crippen molar-refractivity contribution in [3.63, 3.8) is 0 Å². The van der Waals surface area contributed by atoms with Crippen LogP contribution in [-0.2, 0) is 0 Å². The fraction of sp³-hybridized carbons (Fsp3) is 0.818. The van der Waals surface area contributed by atoms with E-state index in [1.54, 1.807) is 0 Å². The van der Waals surface area contributed by atoms with Crippen LogP contribution < -0.4 is 0 Å². The van der Waals surface area contributed by atoms with Gasteiger partial charge in [-0.3, -0.25) is 0 Å². The first kappa shape index (κ1) is 12.7. The molecule has 0 aliphatic carbocycles. The van der Waals surface area contributed by atoms with Crippen molar-refractivity contribution < 1.29 is 0 Å². The van der Waals surface area contributed by atoms with Gasteiger partial charge in [-0.2, -0.15) is 0 Å².